The average molecular weight is 286 g/mol. The molecule has 0 bridgehead atoms. The Morgan fingerprint density at radius 3 is 2.67 bits per heavy atom. The van der Waals surface area contributed by atoms with Gasteiger partial charge >= 0.3 is 5.97 Å². The highest BCUT2D eigenvalue weighted by Crippen LogP contribution is 2.31. The standard InChI is InChI=1S/C12H12ClNO3S/c1-2-17-12(16)8-3-5-9(6-4-8)14-7-18-10(13)11(14)15/h3-6,10H,2,7H2,1H3. The number of halogens is 1. The van der Waals surface area contributed by atoms with Crippen molar-refractivity contribution in [3.63, 3.8) is 0 Å². The molecule has 1 unspecified atom stereocenters. The van der Waals surface area contributed by atoms with Crippen LogP contribution in [0.3, 0.4) is 0 Å². The zero-order valence-corrected chi connectivity index (χ0v) is 11.3. The fraction of sp³-hybridized carbons (Fsp3) is 0.333. The summed E-state index contributed by atoms with van der Waals surface area (Å²) in [4.78, 5) is 24.8. The molecule has 2 rings (SSSR count). The van der Waals surface area contributed by atoms with Crippen molar-refractivity contribution in [2.24, 2.45) is 0 Å². The monoisotopic (exact) mass is 285 g/mol. The van der Waals surface area contributed by atoms with Gasteiger partial charge in [-0.3, -0.25) is 4.79 Å². The van der Waals surface area contributed by atoms with Crippen LogP contribution in [0.4, 0.5) is 5.69 Å². The lowest BCUT2D eigenvalue weighted by Crippen LogP contribution is -2.27. The van der Waals surface area contributed by atoms with Gasteiger partial charge in [0.2, 0.25) is 0 Å². The maximum atomic E-state index is 11.7. The second-order valence-electron chi connectivity index (χ2n) is 3.65. The van der Waals surface area contributed by atoms with Crippen LogP contribution >= 0.6 is 23.4 Å². The Morgan fingerprint density at radius 2 is 2.17 bits per heavy atom. The Labute approximate surface area is 114 Å². The summed E-state index contributed by atoms with van der Waals surface area (Å²) in [5.41, 5.74) is 1.21. The van der Waals surface area contributed by atoms with Gasteiger partial charge < -0.3 is 9.64 Å². The van der Waals surface area contributed by atoms with Gasteiger partial charge in [0.05, 0.1) is 18.0 Å². The first-order valence-corrected chi connectivity index (χ1v) is 6.96. The molecule has 0 N–H and O–H groups in total. The fourth-order valence-corrected chi connectivity index (χ4v) is 2.70. The first-order valence-electron chi connectivity index (χ1n) is 5.47. The average Bonchev–Trinajstić information content (AvgIpc) is 2.71. The Bertz CT molecular complexity index is 463. The molecule has 6 heteroatoms. The van der Waals surface area contributed by atoms with Crippen LogP contribution in [0.25, 0.3) is 0 Å². The van der Waals surface area contributed by atoms with Crippen molar-refractivity contribution in [3.05, 3.63) is 29.8 Å². The Kier molecular flexibility index (Phi) is 4.14. The highest BCUT2D eigenvalue weighted by Gasteiger charge is 2.31. The lowest BCUT2D eigenvalue weighted by Gasteiger charge is -2.15. The molecule has 0 aliphatic carbocycles. The van der Waals surface area contributed by atoms with Crippen molar-refractivity contribution in [1.29, 1.82) is 0 Å². The summed E-state index contributed by atoms with van der Waals surface area (Å²) in [7, 11) is 0. The van der Waals surface area contributed by atoms with Crippen LogP contribution in [0, 0.1) is 0 Å². The van der Waals surface area contributed by atoms with Gasteiger partial charge in [-0.1, -0.05) is 0 Å². The number of thioether (sulfide) groups is 1. The van der Waals surface area contributed by atoms with Gasteiger partial charge in [-0.25, -0.2) is 4.79 Å². The van der Waals surface area contributed by atoms with E-state index in [1.54, 1.807) is 36.1 Å². The molecule has 1 aliphatic rings. The van der Waals surface area contributed by atoms with Crippen LogP contribution in [-0.4, -0.2) is 29.1 Å². The van der Waals surface area contributed by atoms with E-state index in [1.807, 2.05) is 0 Å². The van der Waals surface area contributed by atoms with Crippen LogP contribution in [0.15, 0.2) is 24.3 Å². The number of amides is 1. The number of hydrogen-bond acceptors (Lipinski definition) is 4. The number of esters is 1. The molecule has 4 nitrogen and oxygen atoms in total. The van der Waals surface area contributed by atoms with Gasteiger partial charge in [0.1, 0.15) is 0 Å². The van der Waals surface area contributed by atoms with E-state index in [-0.39, 0.29) is 11.9 Å². The summed E-state index contributed by atoms with van der Waals surface area (Å²) in [6.45, 7) is 2.10. The number of alkyl halides is 1. The van der Waals surface area contributed by atoms with Crippen molar-refractivity contribution < 1.29 is 14.3 Å². The van der Waals surface area contributed by atoms with Gasteiger partial charge in [0.15, 0.2) is 4.71 Å². The molecule has 1 fully saturated rings. The van der Waals surface area contributed by atoms with Gasteiger partial charge in [-0.2, -0.15) is 0 Å². The first-order chi connectivity index (χ1) is 8.63. The predicted molar refractivity (Wildman–Crippen MR) is 72.0 cm³/mol. The quantitative estimate of drug-likeness (QED) is 0.632. The molecule has 1 aromatic rings. The zero-order chi connectivity index (χ0) is 13.1. The lowest BCUT2D eigenvalue weighted by molar-refractivity contribution is -0.116. The predicted octanol–water partition coefficient (Wildman–Crippen LogP) is 2.47. The molecular formula is C12H12ClNO3S. The Morgan fingerprint density at radius 1 is 1.50 bits per heavy atom. The first kappa shape index (κ1) is 13.2. The van der Waals surface area contributed by atoms with Crippen molar-refractivity contribution in [2.75, 3.05) is 17.4 Å². The van der Waals surface area contributed by atoms with Crippen LogP contribution in [0.2, 0.25) is 0 Å². The second-order valence-corrected chi connectivity index (χ2v) is 5.40. The number of hydrogen-bond donors (Lipinski definition) is 0. The minimum absolute atomic E-state index is 0.120. The summed E-state index contributed by atoms with van der Waals surface area (Å²) in [5.74, 6) is 0.0538. The Hall–Kier alpha value is -1.20. The van der Waals surface area contributed by atoms with Crippen LogP contribution in [-0.2, 0) is 9.53 Å². The fourth-order valence-electron chi connectivity index (χ4n) is 1.59. The molecule has 1 aliphatic heterocycles. The van der Waals surface area contributed by atoms with Gasteiger partial charge in [0, 0.05) is 5.69 Å². The van der Waals surface area contributed by atoms with Gasteiger partial charge in [-0.05, 0) is 31.2 Å². The Balaban J connectivity index is 2.13. The van der Waals surface area contributed by atoms with E-state index in [9.17, 15) is 9.59 Å². The molecule has 0 spiro atoms. The maximum absolute atomic E-state index is 11.7. The SMILES string of the molecule is CCOC(=O)c1ccc(N2CSC(Cl)C2=O)cc1. The van der Waals surface area contributed by atoms with E-state index in [0.717, 1.165) is 5.69 Å². The molecular weight excluding hydrogens is 274 g/mol. The second kappa shape index (κ2) is 5.63. The third-order valence-corrected chi connectivity index (χ3v) is 3.97. The minimum Gasteiger partial charge on any atom is -0.462 e. The molecule has 1 aromatic carbocycles. The summed E-state index contributed by atoms with van der Waals surface area (Å²) in [6, 6.07) is 6.74. The summed E-state index contributed by atoms with van der Waals surface area (Å²) in [6.07, 6.45) is 0. The third kappa shape index (κ3) is 2.62. The molecule has 1 amide bonds. The topological polar surface area (TPSA) is 46.6 Å². The van der Waals surface area contributed by atoms with Crippen molar-refractivity contribution in [3.8, 4) is 0 Å². The van der Waals surface area contributed by atoms with Crippen molar-refractivity contribution >= 4 is 40.9 Å². The number of nitrogens with zero attached hydrogens (tertiary/aromatic N) is 1. The number of rotatable bonds is 3. The molecule has 0 aromatic heterocycles. The van der Waals surface area contributed by atoms with E-state index >= 15 is 0 Å². The summed E-state index contributed by atoms with van der Waals surface area (Å²) < 4.78 is 4.37. The number of benzene rings is 1. The van der Waals surface area contributed by atoms with Gasteiger partial charge in [0.25, 0.3) is 5.91 Å². The molecule has 1 atom stereocenters. The van der Waals surface area contributed by atoms with Gasteiger partial charge in [-0.15, -0.1) is 23.4 Å². The number of carbonyl (C=O) groups is 2. The summed E-state index contributed by atoms with van der Waals surface area (Å²) >= 11 is 7.20. The van der Waals surface area contributed by atoms with Crippen LogP contribution < -0.4 is 4.90 Å². The van der Waals surface area contributed by atoms with E-state index in [4.69, 9.17) is 16.3 Å². The summed E-state index contributed by atoms with van der Waals surface area (Å²) in [5, 5.41) is 0. The van der Waals surface area contributed by atoms with Crippen LogP contribution in [0.1, 0.15) is 17.3 Å². The largest absolute Gasteiger partial charge is 0.462 e. The number of anilines is 1. The van der Waals surface area contributed by atoms with E-state index in [0.29, 0.717) is 18.0 Å². The minimum atomic E-state index is -0.519. The van der Waals surface area contributed by atoms with E-state index < -0.39 is 4.71 Å². The highest BCUT2D eigenvalue weighted by molar-refractivity contribution is 8.02. The lowest BCUT2D eigenvalue weighted by atomic mass is 10.2. The molecule has 1 heterocycles. The maximum Gasteiger partial charge on any atom is 0.338 e. The van der Waals surface area contributed by atoms with Crippen molar-refractivity contribution in [2.45, 2.75) is 11.6 Å². The van der Waals surface area contributed by atoms with E-state index in [2.05, 4.69) is 0 Å². The molecule has 0 radical (unpaired) electrons. The third-order valence-electron chi connectivity index (χ3n) is 2.50. The molecule has 0 saturated carbocycles. The van der Waals surface area contributed by atoms with E-state index in [1.165, 1.54) is 11.8 Å². The molecule has 18 heavy (non-hydrogen) atoms. The number of ether oxygens (including phenoxy) is 1. The molecule has 96 valence electrons. The zero-order valence-electron chi connectivity index (χ0n) is 9.76. The highest BCUT2D eigenvalue weighted by atomic mass is 35.5. The normalized spacial score (nSPS) is 19.1. The number of carbonyl (C=O) groups excluding carboxylic acids is 2. The molecule has 1 saturated heterocycles. The van der Waals surface area contributed by atoms with Crippen LogP contribution in [0.5, 0.6) is 0 Å². The smallest absolute Gasteiger partial charge is 0.338 e. The van der Waals surface area contributed by atoms with Crippen molar-refractivity contribution in [1.82, 2.24) is 0 Å².